The number of nitrogens with zero attached hydrogens (tertiary/aromatic N) is 2. The Kier molecular flexibility index (Phi) is 6.75. The molecule has 32 heavy (non-hydrogen) atoms. The fraction of sp³-hybridized carbons (Fsp3) is 0.222. The predicted molar refractivity (Wildman–Crippen MR) is 128 cm³/mol. The van der Waals surface area contributed by atoms with Crippen LogP contribution in [0.15, 0.2) is 79.4 Å². The Morgan fingerprint density at radius 3 is 2.66 bits per heavy atom. The number of allylic oxidation sites excluding steroid dienone is 1. The molecule has 0 aliphatic rings. The van der Waals surface area contributed by atoms with Crippen LogP contribution in [0.3, 0.4) is 0 Å². The average Bonchev–Trinajstić information content (AvgIpc) is 3.16. The third-order valence-electron chi connectivity index (χ3n) is 5.27. The van der Waals surface area contributed by atoms with Crippen molar-refractivity contribution in [1.29, 1.82) is 0 Å². The van der Waals surface area contributed by atoms with Gasteiger partial charge in [0.1, 0.15) is 24.8 Å². The lowest BCUT2D eigenvalue weighted by Crippen LogP contribution is -2.13. The summed E-state index contributed by atoms with van der Waals surface area (Å²) in [5.41, 5.74) is 4.31. The molecule has 0 atom stereocenters. The van der Waals surface area contributed by atoms with Crippen molar-refractivity contribution >= 4 is 11.0 Å². The number of fused-ring (bicyclic) bond motifs is 1. The molecule has 0 fully saturated rings. The van der Waals surface area contributed by atoms with Crippen molar-refractivity contribution in [2.75, 3.05) is 13.7 Å². The van der Waals surface area contributed by atoms with Gasteiger partial charge in [-0.15, -0.1) is 6.58 Å². The third kappa shape index (κ3) is 4.94. The van der Waals surface area contributed by atoms with Crippen LogP contribution in [-0.4, -0.2) is 23.3 Å². The Bertz CT molecular complexity index is 1210. The van der Waals surface area contributed by atoms with Gasteiger partial charge in [0.2, 0.25) is 0 Å². The Morgan fingerprint density at radius 1 is 0.969 bits per heavy atom. The molecule has 1 heterocycles. The molecule has 0 saturated carbocycles. The van der Waals surface area contributed by atoms with Gasteiger partial charge in [-0.25, -0.2) is 4.98 Å². The lowest BCUT2D eigenvalue weighted by atomic mass is 10.1. The maximum atomic E-state index is 6.12. The molecule has 4 aromatic rings. The van der Waals surface area contributed by atoms with Crippen molar-refractivity contribution in [3.05, 3.63) is 96.3 Å². The summed E-state index contributed by atoms with van der Waals surface area (Å²) < 4.78 is 19.8. The molecule has 3 aromatic carbocycles. The van der Waals surface area contributed by atoms with Gasteiger partial charge in [0, 0.05) is 0 Å². The minimum atomic E-state index is 0.330. The lowest BCUT2D eigenvalue weighted by molar-refractivity contribution is 0.261. The summed E-state index contributed by atoms with van der Waals surface area (Å²) in [5, 5.41) is 0. The smallest absolute Gasteiger partial charge is 0.161 e. The molecule has 0 N–H and O–H groups in total. The van der Waals surface area contributed by atoms with Crippen LogP contribution in [0.4, 0.5) is 0 Å². The van der Waals surface area contributed by atoms with E-state index in [-0.39, 0.29) is 0 Å². The van der Waals surface area contributed by atoms with Gasteiger partial charge in [-0.3, -0.25) is 0 Å². The number of ether oxygens (including phenoxy) is 3. The largest absolute Gasteiger partial charge is 0.493 e. The first-order valence-electron chi connectivity index (χ1n) is 10.7. The highest BCUT2D eigenvalue weighted by atomic mass is 16.5. The zero-order valence-electron chi connectivity index (χ0n) is 18.6. The Hall–Kier alpha value is -3.73. The molecule has 0 aliphatic carbocycles. The standard InChI is InChI=1S/C27H28N2O3/c1-4-8-21-13-14-25(26(18-21)30-3)32-19-27-28-23-11-5-6-12-24(23)29(27)15-16-31-22-10-7-9-20(2)17-22/h4-7,9-14,17-18H,1,8,15-16,19H2,2-3H3. The summed E-state index contributed by atoms with van der Waals surface area (Å²) >= 11 is 0. The first kappa shape index (κ1) is 21.5. The fourth-order valence-corrected chi connectivity index (χ4v) is 3.71. The number of para-hydroxylation sites is 2. The fourth-order valence-electron chi connectivity index (χ4n) is 3.71. The molecule has 0 bridgehead atoms. The van der Waals surface area contributed by atoms with E-state index in [1.165, 1.54) is 5.56 Å². The van der Waals surface area contributed by atoms with Crippen molar-refractivity contribution < 1.29 is 14.2 Å². The van der Waals surface area contributed by atoms with E-state index in [1.807, 2.05) is 60.7 Å². The van der Waals surface area contributed by atoms with Crippen LogP contribution in [-0.2, 0) is 19.6 Å². The van der Waals surface area contributed by atoms with Crippen molar-refractivity contribution in [1.82, 2.24) is 9.55 Å². The summed E-state index contributed by atoms with van der Waals surface area (Å²) in [4.78, 5) is 4.80. The maximum Gasteiger partial charge on any atom is 0.161 e. The van der Waals surface area contributed by atoms with Gasteiger partial charge in [0.05, 0.1) is 24.7 Å². The zero-order chi connectivity index (χ0) is 22.3. The van der Waals surface area contributed by atoms with Crippen molar-refractivity contribution in [3.8, 4) is 17.2 Å². The summed E-state index contributed by atoms with van der Waals surface area (Å²) in [6, 6.07) is 22.1. The maximum absolute atomic E-state index is 6.12. The van der Waals surface area contributed by atoms with E-state index in [0.717, 1.165) is 34.6 Å². The minimum Gasteiger partial charge on any atom is -0.493 e. The van der Waals surface area contributed by atoms with Gasteiger partial charge in [0.25, 0.3) is 0 Å². The van der Waals surface area contributed by atoms with E-state index in [9.17, 15) is 0 Å². The number of aromatic nitrogens is 2. The second-order valence-corrected chi connectivity index (χ2v) is 7.60. The highest BCUT2D eigenvalue weighted by molar-refractivity contribution is 5.75. The van der Waals surface area contributed by atoms with E-state index in [0.29, 0.717) is 31.3 Å². The second-order valence-electron chi connectivity index (χ2n) is 7.60. The molecule has 4 rings (SSSR count). The topological polar surface area (TPSA) is 45.5 Å². The molecular formula is C27H28N2O3. The number of hydrogen-bond acceptors (Lipinski definition) is 4. The lowest BCUT2D eigenvalue weighted by Gasteiger charge is -2.14. The van der Waals surface area contributed by atoms with Gasteiger partial charge in [-0.05, 0) is 60.9 Å². The monoisotopic (exact) mass is 428 g/mol. The van der Waals surface area contributed by atoms with Gasteiger partial charge in [-0.2, -0.15) is 0 Å². The molecule has 5 nitrogen and oxygen atoms in total. The molecule has 0 amide bonds. The Balaban J connectivity index is 1.52. The predicted octanol–water partition coefficient (Wildman–Crippen LogP) is 5.74. The first-order chi connectivity index (χ1) is 15.7. The molecule has 5 heteroatoms. The number of aryl methyl sites for hydroxylation is 1. The van der Waals surface area contributed by atoms with Crippen LogP contribution in [0.2, 0.25) is 0 Å². The van der Waals surface area contributed by atoms with Crippen molar-refractivity contribution in [3.63, 3.8) is 0 Å². The zero-order valence-corrected chi connectivity index (χ0v) is 18.6. The number of methoxy groups -OCH3 is 1. The van der Waals surface area contributed by atoms with Crippen LogP contribution in [0.5, 0.6) is 17.2 Å². The van der Waals surface area contributed by atoms with Crippen LogP contribution < -0.4 is 14.2 Å². The summed E-state index contributed by atoms with van der Waals surface area (Å²) in [6.07, 6.45) is 2.66. The first-order valence-corrected chi connectivity index (χ1v) is 10.7. The van der Waals surface area contributed by atoms with E-state index >= 15 is 0 Å². The summed E-state index contributed by atoms with van der Waals surface area (Å²) in [6.45, 7) is 7.39. The number of rotatable bonds is 10. The molecule has 164 valence electrons. The van der Waals surface area contributed by atoms with Gasteiger partial charge < -0.3 is 18.8 Å². The van der Waals surface area contributed by atoms with E-state index in [4.69, 9.17) is 19.2 Å². The van der Waals surface area contributed by atoms with Gasteiger partial charge in [-0.1, -0.05) is 36.4 Å². The normalized spacial score (nSPS) is 10.8. The quantitative estimate of drug-likeness (QED) is 0.302. The summed E-state index contributed by atoms with van der Waals surface area (Å²) in [7, 11) is 1.65. The molecule has 1 aromatic heterocycles. The van der Waals surface area contributed by atoms with E-state index < -0.39 is 0 Å². The van der Waals surface area contributed by atoms with Crippen molar-refractivity contribution in [2.45, 2.75) is 26.5 Å². The second kappa shape index (κ2) is 10.1. The van der Waals surface area contributed by atoms with Gasteiger partial charge >= 0.3 is 0 Å². The molecular weight excluding hydrogens is 400 g/mol. The Labute approximate surface area is 188 Å². The highest BCUT2D eigenvalue weighted by Gasteiger charge is 2.13. The minimum absolute atomic E-state index is 0.330. The van der Waals surface area contributed by atoms with Crippen LogP contribution in [0.1, 0.15) is 17.0 Å². The Morgan fingerprint density at radius 2 is 1.84 bits per heavy atom. The highest BCUT2D eigenvalue weighted by Crippen LogP contribution is 2.29. The SMILES string of the molecule is C=CCc1ccc(OCc2nc3ccccc3n2CCOc2cccc(C)c2)c(OC)c1. The van der Waals surface area contributed by atoms with E-state index in [1.54, 1.807) is 7.11 Å². The van der Waals surface area contributed by atoms with Crippen LogP contribution >= 0.6 is 0 Å². The third-order valence-corrected chi connectivity index (χ3v) is 5.27. The van der Waals surface area contributed by atoms with Crippen LogP contribution in [0, 0.1) is 6.92 Å². The van der Waals surface area contributed by atoms with Crippen LogP contribution in [0.25, 0.3) is 11.0 Å². The molecule has 0 saturated heterocycles. The number of benzene rings is 3. The summed E-state index contributed by atoms with van der Waals surface area (Å²) in [5.74, 6) is 3.11. The average molecular weight is 429 g/mol. The molecule has 0 spiro atoms. The van der Waals surface area contributed by atoms with Gasteiger partial charge in [0.15, 0.2) is 11.5 Å². The van der Waals surface area contributed by atoms with E-state index in [2.05, 4.69) is 30.2 Å². The number of hydrogen-bond donors (Lipinski definition) is 0. The van der Waals surface area contributed by atoms with Crippen molar-refractivity contribution in [2.24, 2.45) is 0 Å². The molecule has 0 radical (unpaired) electrons. The number of imidazole rings is 1. The molecule has 0 aliphatic heterocycles. The molecule has 0 unspecified atom stereocenters.